The van der Waals surface area contributed by atoms with Crippen LogP contribution in [0.4, 0.5) is 0 Å². The minimum atomic E-state index is -2.60. The van der Waals surface area contributed by atoms with Crippen molar-refractivity contribution in [2.45, 2.75) is 40.7 Å². The summed E-state index contributed by atoms with van der Waals surface area (Å²) in [6, 6.07) is 7.09. The van der Waals surface area contributed by atoms with Gasteiger partial charge < -0.3 is 13.3 Å². The number of rotatable bonds is 8. The van der Waals surface area contributed by atoms with Crippen LogP contribution in [0.1, 0.15) is 37.5 Å². The third-order valence-electron chi connectivity index (χ3n) is 3.13. The molecule has 0 atom stereocenters. The first-order valence-corrected chi connectivity index (χ1v) is 8.98. The summed E-state index contributed by atoms with van der Waals surface area (Å²) < 4.78 is 17.8. The average molecular weight is 282 g/mol. The summed E-state index contributed by atoms with van der Waals surface area (Å²) in [6.45, 7) is 12.1. The number of hydrogen-bond acceptors (Lipinski definition) is 3. The van der Waals surface area contributed by atoms with E-state index in [-0.39, 0.29) is 0 Å². The van der Waals surface area contributed by atoms with Crippen molar-refractivity contribution in [1.29, 1.82) is 0 Å². The van der Waals surface area contributed by atoms with Gasteiger partial charge in [-0.25, -0.2) is 0 Å². The van der Waals surface area contributed by atoms with Crippen LogP contribution in [0.2, 0.25) is 0 Å². The van der Waals surface area contributed by atoms with Gasteiger partial charge in [0.15, 0.2) is 0 Å². The van der Waals surface area contributed by atoms with Crippen molar-refractivity contribution >= 4 is 8.80 Å². The van der Waals surface area contributed by atoms with Gasteiger partial charge in [-0.2, -0.15) is 0 Å². The van der Waals surface area contributed by atoms with Crippen molar-refractivity contribution in [3.63, 3.8) is 0 Å². The molecule has 0 aliphatic heterocycles. The van der Waals surface area contributed by atoms with Gasteiger partial charge >= 0.3 is 8.80 Å². The predicted octanol–water partition coefficient (Wildman–Crippen LogP) is 3.43. The average Bonchev–Trinajstić information content (AvgIpc) is 2.35. The van der Waals surface area contributed by atoms with E-state index >= 15 is 0 Å². The first-order valence-electron chi connectivity index (χ1n) is 7.05. The van der Waals surface area contributed by atoms with Crippen molar-refractivity contribution in [3.05, 3.63) is 34.9 Å². The molecule has 0 N–H and O–H groups in total. The van der Waals surface area contributed by atoms with Gasteiger partial charge in [-0.05, 0) is 51.3 Å². The highest BCUT2D eigenvalue weighted by Crippen LogP contribution is 2.22. The highest BCUT2D eigenvalue weighted by molar-refractivity contribution is 6.60. The molecule has 0 aromatic heterocycles. The monoisotopic (exact) mass is 282 g/mol. The van der Waals surface area contributed by atoms with E-state index in [1.165, 1.54) is 16.7 Å². The predicted molar refractivity (Wildman–Crippen MR) is 80.3 cm³/mol. The van der Waals surface area contributed by atoms with E-state index < -0.39 is 8.80 Å². The fourth-order valence-corrected chi connectivity index (χ4v) is 5.15. The smallest absolute Gasteiger partial charge is 0.374 e. The van der Waals surface area contributed by atoms with E-state index in [9.17, 15) is 0 Å². The van der Waals surface area contributed by atoms with E-state index in [2.05, 4.69) is 32.0 Å². The second-order valence-corrected chi connectivity index (χ2v) is 7.11. The normalized spacial score (nSPS) is 11.8. The first kappa shape index (κ1) is 16.4. The Morgan fingerprint density at radius 3 is 1.63 bits per heavy atom. The minimum absolute atomic E-state index is 0.622. The molecular weight excluding hydrogens is 256 g/mol. The zero-order chi connectivity index (χ0) is 14.3. The van der Waals surface area contributed by atoms with E-state index in [0.717, 1.165) is 6.04 Å². The molecule has 0 radical (unpaired) electrons. The molecule has 4 heteroatoms. The van der Waals surface area contributed by atoms with E-state index in [0.29, 0.717) is 19.8 Å². The Morgan fingerprint density at radius 2 is 1.26 bits per heavy atom. The van der Waals surface area contributed by atoms with Gasteiger partial charge in [0.25, 0.3) is 0 Å². The first-order chi connectivity index (χ1) is 9.08. The lowest BCUT2D eigenvalue weighted by molar-refractivity contribution is 0.0703. The Morgan fingerprint density at radius 1 is 0.842 bits per heavy atom. The van der Waals surface area contributed by atoms with Gasteiger partial charge in [0.2, 0.25) is 0 Å². The van der Waals surface area contributed by atoms with Crippen molar-refractivity contribution in [2.24, 2.45) is 0 Å². The van der Waals surface area contributed by atoms with Gasteiger partial charge in [0.05, 0.1) is 0 Å². The minimum Gasteiger partial charge on any atom is -0.374 e. The molecule has 0 unspecified atom stereocenters. The molecule has 0 spiro atoms. The van der Waals surface area contributed by atoms with E-state index in [1.54, 1.807) is 0 Å². The lowest BCUT2D eigenvalue weighted by Crippen LogP contribution is -2.49. The van der Waals surface area contributed by atoms with Crippen LogP contribution < -0.4 is 0 Å². The topological polar surface area (TPSA) is 27.7 Å². The van der Waals surface area contributed by atoms with Crippen LogP contribution in [0.3, 0.4) is 0 Å². The van der Waals surface area contributed by atoms with Gasteiger partial charge in [-0.15, -0.1) is 0 Å². The Kier molecular flexibility index (Phi) is 6.72. The molecule has 1 aromatic carbocycles. The van der Waals surface area contributed by atoms with E-state index in [1.807, 2.05) is 20.8 Å². The van der Waals surface area contributed by atoms with Crippen LogP contribution in [-0.2, 0) is 19.3 Å². The quantitative estimate of drug-likeness (QED) is 0.684. The highest BCUT2D eigenvalue weighted by Gasteiger charge is 2.41. The lowest BCUT2D eigenvalue weighted by atomic mass is 10.1. The Labute approximate surface area is 118 Å². The molecule has 0 aliphatic rings. The Hall–Kier alpha value is -0.683. The highest BCUT2D eigenvalue weighted by atomic mass is 28.4. The summed E-state index contributed by atoms with van der Waals surface area (Å²) >= 11 is 0. The molecule has 108 valence electrons. The van der Waals surface area contributed by atoms with Crippen molar-refractivity contribution < 1.29 is 13.3 Å². The Bertz CT molecular complexity index is 356. The molecule has 0 amide bonds. The summed E-state index contributed by atoms with van der Waals surface area (Å²) in [5, 5.41) is 0. The third kappa shape index (κ3) is 4.42. The zero-order valence-corrected chi connectivity index (χ0v) is 13.8. The van der Waals surface area contributed by atoms with Gasteiger partial charge in [0, 0.05) is 25.9 Å². The summed E-state index contributed by atoms with van der Waals surface area (Å²) in [5.41, 5.74) is 3.84. The fraction of sp³-hybridized carbons (Fsp3) is 0.600. The molecule has 19 heavy (non-hydrogen) atoms. The van der Waals surface area contributed by atoms with Crippen LogP contribution in [0.15, 0.2) is 18.2 Å². The molecule has 0 heterocycles. The molecular formula is C15H26O3Si. The van der Waals surface area contributed by atoms with Gasteiger partial charge in [-0.1, -0.05) is 18.2 Å². The van der Waals surface area contributed by atoms with Crippen molar-refractivity contribution in [2.75, 3.05) is 19.8 Å². The van der Waals surface area contributed by atoms with Crippen LogP contribution in [-0.4, -0.2) is 28.6 Å². The van der Waals surface area contributed by atoms with Crippen molar-refractivity contribution in [3.8, 4) is 0 Å². The molecule has 1 aromatic rings. The van der Waals surface area contributed by atoms with Crippen LogP contribution >= 0.6 is 0 Å². The molecule has 0 aliphatic carbocycles. The maximum Gasteiger partial charge on any atom is 0.505 e. The largest absolute Gasteiger partial charge is 0.505 e. The van der Waals surface area contributed by atoms with Crippen LogP contribution in [0, 0.1) is 13.8 Å². The maximum atomic E-state index is 5.92. The number of aryl methyl sites for hydroxylation is 2. The zero-order valence-electron chi connectivity index (χ0n) is 12.8. The molecule has 0 bridgehead atoms. The third-order valence-corrected chi connectivity index (χ3v) is 6.10. The summed E-state index contributed by atoms with van der Waals surface area (Å²) in [5.74, 6) is 0. The second-order valence-electron chi connectivity index (χ2n) is 4.53. The molecule has 0 saturated heterocycles. The molecule has 0 fully saturated rings. The van der Waals surface area contributed by atoms with Crippen LogP contribution in [0.25, 0.3) is 0 Å². The molecule has 1 rings (SSSR count). The summed E-state index contributed by atoms with van der Waals surface area (Å²) in [6.07, 6.45) is 0. The van der Waals surface area contributed by atoms with Crippen LogP contribution in [0.5, 0.6) is 0 Å². The lowest BCUT2D eigenvalue weighted by Gasteiger charge is -2.29. The standard InChI is InChI=1S/C15H26O3Si/c1-6-16-19(17-7-2,18-8-3)12-15-13(4)10-9-11-14(15)5/h9-11H,6-8,12H2,1-5H3. The summed E-state index contributed by atoms with van der Waals surface area (Å²) in [4.78, 5) is 0. The van der Waals surface area contributed by atoms with E-state index in [4.69, 9.17) is 13.3 Å². The fourth-order valence-electron chi connectivity index (χ4n) is 2.28. The van der Waals surface area contributed by atoms with Gasteiger partial charge in [0.1, 0.15) is 0 Å². The molecule has 0 saturated carbocycles. The maximum absolute atomic E-state index is 5.92. The second kappa shape index (κ2) is 7.80. The van der Waals surface area contributed by atoms with Crippen molar-refractivity contribution in [1.82, 2.24) is 0 Å². The Balaban J connectivity index is 3.04. The number of benzene rings is 1. The summed E-state index contributed by atoms with van der Waals surface area (Å²) in [7, 11) is -2.60. The SMILES string of the molecule is CCO[Si](Cc1c(C)cccc1C)(OCC)OCC. The molecule has 3 nitrogen and oxygen atoms in total. The number of hydrogen-bond donors (Lipinski definition) is 0. The van der Waals surface area contributed by atoms with Gasteiger partial charge in [-0.3, -0.25) is 0 Å².